The van der Waals surface area contributed by atoms with Crippen molar-refractivity contribution in [2.45, 2.75) is 12.3 Å². The molecular weight excluding hydrogens is 605 g/mol. The molecule has 50 heavy (non-hydrogen) atoms. The van der Waals surface area contributed by atoms with E-state index in [1.54, 1.807) is 0 Å². The number of rotatable bonds is 5. The highest BCUT2D eigenvalue weighted by atomic mass is 15.0. The third-order valence-corrected chi connectivity index (χ3v) is 10.5. The van der Waals surface area contributed by atoms with E-state index in [9.17, 15) is 0 Å². The Morgan fingerprint density at radius 1 is 0.400 bits per heavy atom. The van der Waals surface area contributed by atoms with Crippen molar-refractivity contribution in [3.8, 4) is 27.9 Å². The van der Waals surface area contributed by atoms with E-state index in [4.69, 9.17) is 0 Å². The maximum Gasteiger partial charge on any atom is 0.0541 e. The molecule has 10 rings (SSSR count). The van der Waals surface area contributed by atoms with Crippen molar-refractivity contribution in [3.05, 3.63) is 194 Å². The molecule has 2 heteroatoms. The molecule has 0 saturated carbocycles. The van der Waals surface area contributed by atoms with Crippen LogP contribution < -0.4 is 0 Å². The lowest BCUT2D eigenvalue weighted by atomic mass is 9.89. The summed E-state index contributed by atoms with van der Waals surface area (Å²) in [6, 6.07) is 62.0. The summed E-state index contributed by atoms with van der Waals surface area (Å²) in [7, 11) is 0. The lowest BCUT2D eigenvalue weighted by molar-refractivity contribution is 0.837. The zero-order valence-electron chi connectivity index (χ0n) is 27.6. The number of allylic oxidation sites excluding steroid dienone is 4. The SMILES string of the molecule is C1=CC(c2ccc(-c3ccccc3)cc2)CC(n2c3ccccc3c3cc(-c4ccc5c(c4)c4ccccc4n5-c4ccccc4)ccc32)=C1. The Morgan fingerprint density at radius 2 is 0.900 bits per heavy atom. The number of para-hydroxylation sites is 3. The van der Waals surface area contributed by atoms with E-state index >= 15 is 0 Å². The molecule has 2 aromatic heterocycles. The molecule has 1 atom stereocenters. The maximum absolute atomic E-state index is 2.49. The first-order chi connectivity index (χ1) is 24.8. The average molecular weight is 639 g/mol. The van der Waals surface area contributed by atoms with E-state index in [2.05, 4.69) is 197 Å². The van der Waals surface area contributed by atoms with Crippen molar-refractivity contribution < 1.29 is 0 Å². The Labute approximate surface area is 291 Å². The van der Waals surface area contributed by atoms with Crippen LogP contribution in [0.25, 0.3) is 77.2 Å². The van der Waals surface area contributed by atoms with Crippen LogP contribution in [0.1, 0.15) is 17.9 Å². The smallest absolute Gasteiger partial charge is 0.0541 e. The lowest BCUT2D eigenvalue weighted by Crippen LogP contribution is -2.06. The van der Waals surface area contributed by atoms with Gasteiger partial charge in [-0.25, -0.2) is 0 Å². The molecule has 0 bridgehead atoms. The van der Waals surface area contributed by atoms with Crippen LogP contribution in [0.2, 0.25) is 0 Å². The standard InChI is InChI=1S/C48H34N2/c1-3-12-33(13-4-1)34-22-24-35(25-23-34)36-14-11-17-40(30-36)50-46-21-10-8-19-42(46)44-32-38(27-29-48(44)50)37-26-28-47-43(31-37)41-18-7-9-20-45(41)49(47)39-15-5-2-6-16-39/h1-29,31-32,36H,30H2. The lowest BCUT2D eigenvalue weighted by Gasteiger charge is -2.21. The van der Waals surface area contributed by atoms with Gasteiger partial charge in [0.25, 0.3) is 0 Å². The Balaban J connectivity index is 1.04. The van der Waals surface area contributed by atoms with Gasteiger partial charge in [0.1, 0.15) is 0 Å². The first-order valence-electron chi connectivity index (χ1n) is 17.5. The first kappa shape index (κ1) is 28.6. The van der Waals surface area contributed by atoms with Gasteiger partial charge in [0.05, 0.1) is 22.1 Å². The summed E-state index contributed by atoms with van der Waals surface area (Å²) in [5, 5.41) is 5.10. The number of fused-ring (bicyclic) bond motifs is 6. The highest BCUT2D eigenvalue weighted by Crippen LogP contribution is 2.40. The van der Waals surface area contributed by atoms with Crippen molar-refractivity contribution in [2.24, 2.45) is 0 Å². The average Bonchev–Trinajstić information content (AvgIpc) is 3.71. The van der Waals surface area contributed by atoms with E-state index in [1.807, 2.05) is 0 Å². The first-order valence-corrected chi connectivity index (χ1v) is 17.5. The van der Waals surface area contributed by atoms with Crippen molar-refractivity contribution >= 4 is 49.3 Å². The molecule has 1 aliphatic carbocycles. The van der Waals surface area contributed by atoms with E-state index in [0.717, 1.165) is 6.42 Å². The highest BCUT2D eigenvalue weighted by Gasteiger charge is 2.20. The largest absolute Gasteiger partial charge is 0.313 e. The van der Waals surface area contributed by atoms with Crippen molar-refractivity contribution in [3.63, 3.8) is 0 Å². The summed E-state index contributed by atoms with van der Waals surface area (Å²) >= 11 is 0. The normalized spacial score (nSPS) is 14.6. The van der Waals surface area contributed by atoms with Gasteiger partial charge in [-0.05, 0) is 88.8 Å². The van der Waals surface area contributed by atoms with Gasteiger partial charge in [0.2, 0.25) is 0 Å². The monoisotopic (exact) mass is 638 g/mol. The Hall–Kier alpha value is -6.38. The molecule has 1 aliphatic rings. The van der Waals surface area contributed by atoms with E-state index in [-0.39, 0.29) is 0 Å². The van der Waals surface area contributed by atoms with Crippen LogP contribution in [0, 0.1) is 0 Å². The van der Waals surface area contributed by atoms with Crippen LogP contribution in [-0.4, -0.2) is 9.13 Å². The number of nitrogens with zero attached hydrogens (tertiary/aromatic N) is 2. The molecule has 0 amide bonds. The fraction of sp³-hybridized carbons (Fsp3) is 0.0417. The maximum atomic E-state index is 2.49. The second-order valence-corrected chi connectivity index (χ2v) is 13.3. The molecule has 236 valence electrons. The molecule has 0 aliphatic heterocycles. The fourth-order valence-corrected chi connectivity index (χ4v) is 8.08. The Kier molecular flexibility index (Phi) is 6.67. The molecule has 9 aromatic rings. The third kappa shape index (κ3) is 4.64. The summed E-state index contributed by atoms with van der Waals surface area (Å²) in [6.07, 6.45) is 7.83. The molecule has 0 saturated heterocycles. The Morgan fingerprint density at radius 3 is 1.56 bits per heavy atom. The van der Waals surface area contributed by atoms with Gasteiger partial charge >= 0.3 is 0 Å². The molecule has 7 aromatic carbocycles. The fourth-order valence-electron chi connectivity index (χ4n) is 8.08. The quantitative estimate of drug-likeness (QED) is 0.178. The third-order valence-electron chi connectivity index (χ3n) is 10.5. The molecule has 2 heterocycles. The number of hydrogen-bond donors (Lipinski definition) is 0. The number of hydrogen-bond acceptors (Lipinski definition) is 0. The van der Waals surface area contributed by atoms with E-state index in [1.165, 1.54) is 82.8 Å². The summed E-state index contributed by atoms with van der Waals surface area (Å²) in [5.41, 5.74) is 13.8. The second kappa shape index (κ2) is 11.6. The number of benzene rings is 7. The molecule has 0 radical (unpaired) electrons. The minimum Gasteiger partial charge on any atom is -0.313 e. The van der Waals surface area contributed by atoms with Crippen LogP contribution in [0.5, 0.6) is 0 Å². The minimum atomic E-state index is 0.319. The van der Waals surface area contributed by atoms with Gasteiger partial charge in [-0.15, -0.1) is 0 Å². The number of aromatic nitrogens is 2. The molecule has 2 nitrogen and oxygen atoms in total. The van der Waals surface area contributed by atoms with E-state index in [0.29, 0.717) is 5.92 Å². The molecule has 1 unspecified atom stereocenters. The minimum absolute atomic E-state index is 0.319. The van der Waals surface area contributed by atoms with Gasteiger partial charge in [-0.3, -0.25) is 0 Å². The summed E-state index contributed by atoms with van der Waals surface area (Å²) in [6.45, 7) is 0. The van der Waals surface area contributed by atoms with Gasteiger partial charge in [-0.2, -0.15) is 0 Å². The second-order valence-electron chi connectivity index (χ2n) is 13.3. The molecule has 0 N–H and O–H groups in total. The summed E-state index contributed by atoms with van der Waals surface area (Å²) in [4.78, 5) is 0. The van der Waals surface area contributed by atoms with Gasteiger partial charge in [0.15, 0.2) is 0 Å². The summed E-state index contributed by atoms with van der Waals surface area (Å²) in [5.74, 6) is 0.319. The van der Waals surface area contributed by atoms with Crippen molar-refractivity contribution in [1.82, 2.24) is 9.13 Å². The summed E-state index contributed by atoms with van der Waals surface area (Å²) < 4.78 is 4.86. The van der Waals surface area contributed by atoms with Crippen LogP contribution in [0.4, 0.5) is 0 Å². The van der Waals surface area contributed by atoms with Crippen LogP contribution in [0.3, 0.4) is 0 Å². The van der Waals surface area contributed by atoms with Gasteiger partial charge in [0, 0.05) is 38.8 Å². The predicted molar refractivity (Wildman–Crippen MR) is 212 cm³/mol. The van der Waals surface area contributed by atoms with E-state index < -0.39 is 0 Å². The van der Waals surface area contributed by atoms with Crippen LogP contribution in [0.15, 0.2) is 188 Å². The van der Waals surface area contributed by atoms with Crippen molar-refractivity contribution in [1.29, 1.82) is 0 Å². The molecular formula is C48H34N2. The molecule has 0 spiro atoms. The van der Waals surface area contributed by atoms with Crippen molar-refractivity contribution in [2.75, 3.05) is 0 Å². The molecule has 0 fully saturated rings. The Bertz CT molecular complexity index is 2760. The zero-order chi connectivity index (χ0) is 33.0. The highest BCUT2D eigenvalue weighted by molar-refractivity contribution is 6.13. The van der Waals surface area contributed by atoms with Crippen LogP contribution in [-0.2, 0) is 0 Å². The van der Waals surface area contributed by atoms with Crippen LogP contribution >= 0.6 is 0 Å². The topological polar surface area (TPSA) is 9.86 Å². The predicted octanol–water partition coefficient (Wildman–Crippen LogP) is 12.8. The zero-order valence-corrected chi connectivity index (χ0v) is 27.6. The van der Waals surface area contributed by atoms with Gasteiger partial charge in [-0.1, -0.05) is 133 Å². The van der Waals surface area contributed by atoms with Gasteiger partial charge < -0.3 is 9.13 Å².